The molecule has 0 heterocycles. The van der Waals surface area contributed by atoms with Crippen molar-refractivity contribution >= 4 is 46.7 Å². The van der Waals surface area contributed by atoms with Crippen LogP contribution in [0.25, 0.3) is 22.3 Å². The predicted octanol–water partition coefficient (Wildman–Crippen LogP) is 15.1. The van der Waals surface area contributed by atoms with E-state index in [0.29, 0.717) is 0 Å². The first kappa shape index (κ1) is 46.7. The van der Waals surface area contributed by atoms with E-state index >= 15 is 0 Å². The van der Waals surface area contributed by atoms with E-state index in [4.69, 9.17) is 4.21 Å². The number of rotatable bonds is 4. The Hall–Kier alpha value is -2.83. The molecule has 60 heavy (non-hydrogen) atoms. The Labute approximate surface area is 377 Å². The monoisotopic (exact) mass is 916 g/mol. The van der Waals surface area contributed by atoms with Crippen LogP contribution in [-0.4, -0.2) is 4.21 Å². The topological polar surface area (TPSA) is 0 Å². The predicted molar refractivity (Wildman–Crippen MR) is 268 cm³/mol. The van der Waals surface area contributed by atoms with Gasteiger partial charge in [0.1, 0.15) is 0 Å². The van der Waals surface area contributed by atoms with Gasteiger partial charge in [-0.05, 0) is 0 Å². The molecule has 0 radical (unpaired) electrons. The summed E-state index contributed by atoms with van der Waals surface area (Å²) < 4.78 is 12.2. The van der Waals surface area contributed by atoms with Crippen LogP contribution in [0.3, 0.4) is 0 Å². The van der Waals surface area contributed by atoms with Crippen molar-refractivity contribution in [2.24, 2.45) is 11.3 Å². The standard InChI is InChI=1S/C25H25.C11H17.2C10H13.CH2.2ClH.Zr/c1-14-12-24(3,4)22-8-16-7-17-9-23-19(15(2)13-25(23,5)6)11-21(17)20(16)10-18(14)22;1-8-6-9(2)10(7-8)11(3,4)5;2*1-10(2,3)9-7-5-4-6-8-9;;;;/h8-12H,7H2,1-6H3;7-8H,1-5H3;2*5-8H,1-3H3;1H2;2*1H;. The Morgan fingerprint density at radius 3 is 1.47 bits per heavy atom. The first-order valence-corrected chi connectivity index (χ1v) is 28.7. The number of hydrogen-bond acceptors (Lipinski definition) is 0. The Morgan fingerprint density at radius 1 is 0.583 bits per heavy atom. The van der Waals surface area contributed by atoms with Crippen LogP contribution in [-0.2, 0) is 46.4 Å². The summed E-state index contributed by atoms with van der Waals surface area (Å²) in [6.45, 7) is 40.7. The summed E-state index contributed by atoms with van der Waals surface area (Å²) in [5.41, 5.74) is 20.1. The molecule has 0 saturated carbocycles. The van der Waals surface area contributed by atoms with Gasteiger partial charge in [0.25, 0.3) is 0 Å². The Balaban J connectivity index is 0.00000302. The van der Waals surface area contributed by atoms with Gasteiger partial charge in [-0.2, -0.15) is 0 Å². The summed E-state index contributed by atoms with van der Waals surface area (Å²) in [5.74, 6) is 0.265. The molecule has 318 valence electrons. The van der Waals surface area contributed by atoms with E-state index in [0.717, 1.165) is 6.42 Å². The van der Waals surface area contributed by atoms with Crippen LogP contribution < -0.4 is 6.54 Å². The summed E-state index contributed by atoms with van der Waals surface area (Å²) in [6.07, 6.45) is 6.07. The van der Waals surface area contributed by atoms with E-state index in [2.05, 4.69) is 203 Å². The van der Waals surface area contributed by atoms with E-state index < -0.39 is 18.3 Å². The molecular formula is C57H72Cl2Zr. The van der Waals surface area contributed by atoms with Crippen molar-refractivity contribution in [3.05, 3.63) is 147 Å². The maximum atomic E-state index is 6.07. The second-order valence-corrected chi connectivity index (χ2v) is 35.8. The fraction of sp³-hybridized carbons (Fsp3) is 0.421. The zero-order chi connectivity index (χ0) is 42.5. The van der Waals surface area contributed by atoms with Crippen molar-refractivity contribution in [3.63, 3.8) is 0 Å². The molecule has 0 nitrogen and oxygen atoms in total. The summed E-state index contributed by atoms with van der Waals surface area (Å²) >= 11 is -5.20. The van der Waals surface area contributed by atoms with Gasteiger partial charge in [-0.15, -0.1) is 24.8 Å². The van der Waals surface area contributed by atoms with Gasteiger partial charge < -0.3 is 0 Å². The first-order valence-electron chi connectivity index (χ1n) is 22.1. The molecule has 0 fully saturated rings. The second kappa shape index (κ2) is 14.3. The molecule has 3 heteroatoms. The fourth-order valence-corrected chi connectivity index (χ4v) is 32.8. The zero-order valence-corrected chi connectivity index (χ0v) is 44.0. The molecular weight excluding hydrogens is 847 g/mol. The molecule has 4 aliphatic rings. The Bertz CT molecular complexity index is 2580. The van der Waals surface area contributed by atoms with Crippen molar-refractivity contribution in [3.8, 4) is 11.1 Å². The summed E-state index contributed by atoms with van der Waals surface area (Å²) in [7, 11) is 0. The molecule has 0 bridgehead atoms. The van der Waals surface area contributed by atoms with E-state index in [1.54, 1.807) is 6.56 Å². The third kappa shape index (κ3) is 6.47. The number of hydrogen-bond donors (Lipinski definition) is 0. The molecule has 1 atom stereocenters. The Kier molecular flexibility index (Phi) is 11.2. The van der Waals surface area contributed by atoms with Gasteiger partial charge in [-0.25, -0.2) is 0 Å². The third-order valence-electron chi connectivity index (χ3n) is 15.3. The summed E-state index contributed by atoms with van der Waals surface area (Å²) in [5, 5.41) is 0. The van der Waals surface area contributed by atoms with Gasteiger partial charge >= 0.3 is 356 Å². The minimum absolute atomic E-state index is 0. The molecule has 1 unspecified atom stereocenters. The zero-order valence-electron chi connectivity index (χ0n) is 39.9. The van der Waals surface area contributed by atoms with Crippen LogP contribution >= 0.6 is 24.8 Å². The van der Waals surface area contributed by atoms with E-state index in [1.165, 1.54) is 84.5 Å². The number of halogens is 2. The average molecular weight is 919 g/mol. The van der Waals surface area contributed by atoms with E-state index in [1.807, 2.05) is 0 Å². The molecule has 0 N–H and O–H groups in total. The van der Waals surface area contributed by atoms with Gasteiger partial charge in [0.2, 0.25) is 0 Å². The molecule has 4 aliphatic carbocycles. The van der Waals surface area contributed by atoms with Gasteiger partial charge in [-0.1, -0.05) is 0 Å². The molecule has 0 spiro atoms. The van der Waals surface area contributed by atoms with Crippen LogP contribution in [0.4, 0.5) is 0 Å². The molecule has 4 aromatic carbocycles. The van der Waals surface area contributed by atoms with Crippen molar-refractivity contribution in [1.82, 2.24) is 0 Å². The summed E-state index contributed by atoms with van der Waals surface area (Å²) in [4.78, 5) is 0. The van der Waals surface area contributed by atoms with Crippen LogP contribution in [0, 0.1) is 11.3 Å². The second-order valence-electron chi connectivity index (χ2n) is 23.2. The van der Waals surface area contributed by atoms with Gasteiger partial charge in [-0.3, -0.25) is 0 Å². The fourth-order valence-electron chi connectivity index (χ4n) is 12.8. The number of fused-ring (bicyclic) bond motifs is 5. The quantitative estimate of drug-likeness (QED) is 0.169. The van der Waals surface area contributed by atoms with Crippen molar-refractivity contribution < 1.29 is 18.3 Å². The normalized spacial score (nSPS) is 19.3. The van der Waals surface area contributed by atoms with Crippen molar-refractivity contribution in [2.75, 3.05) is 0 Å². The molecule has 0 aromatic heterocycles. The Morgan fingerprint density at radius 2 is 1.03 bits per heavy atom. The third-order valence-corrected chi connectivity index (χ3v) is 33.4. The first-order chi connectivity index (χ1) is 26.6. The van der Waals surface area contributed by atoms with Crippen LogP contribution in [0.15, 0.2) is 103 Å². The van der Waals surface area contributed by atoms with Crippen LogP contribution in [0.5, 0.6) is 0 Å². The van der Waals surface area contributed by atoms with Crippen molar-refractivity contribution in [1.29, 1.82) is 0 Å². The summed E-state index contributed by atoms with van der Waals surface area (Å²) in [6, 6.07) is 30.2. The van der Waals surface area contributed by atoms with E-state index in [9.17, 15) is 0 Å². The number of benzene rings is 4. The van der Waals surface area contributed by atoms with Crippen molar-refractivity contribution in [2.45, 2.75) is 146 Å². The minimum atomic E-state index is -5.20. The maximum absolute atomic E-state index is 6.07. The SMILES string of the molecule is Cl.Cl.[CH2]=[Zr]([C]1=C(C)C(C(C)(C)C)=CC1C)([C]1=C(C)c2cc3c(cc2C1(C)C)Cc1cc2c(cc1-3)C(C)=CC2(C)C)([c]1ccc(C(C)(C)C)cc1)[c]1ccc(C(C)(C)C)cc1. The molecule has 0 saturated heterocycles. The van der Waals surface area contributed by atoms with Gasteiger partial charge in [0.15, 0.2) is 0 Å². The van der Waals surface area contributed by atoms with Gasteiger partial charge in [0.05, 0.1) is 0 Å². The van der Waals surface area contributed by atoms with Crippen LogP contribution in [0.1, 0.15) is 162 Å². The van der Waals surface area contributed by atoms with Gasteiger partial charge in [0, 0.05) is 0 Å². The molecule has 0 amide bonds. The van der Waals surface area contributed by atoms with E-state index in [-0.39, 0.29) is 57.8 Å². The molecule has 0 aliphatic heterocycles. The molecule has 4 aromatic rings. The number of allylic oxidation sites excluding steroid dienone is 8. The average Bonchev–Trinajstić information content (AvgIpc) is 3.77. The molecule has 8 rings (SSSR count). The van der Waals surface area contributed by atoms with Crippen LogP contribution in [0.2, 0.25) is 0 Å².